The Bertz CT molecular complexity index is 381. The normalized spacial score (nSPS) is 20.7. The van der Waals surface area contributed by atoms with Crippen molar-refractivity contribution in [1.82, 2.24) is 14.9 Å². The number of rotatable bonds is 5. The minimum absolute atomic E-state index is 0.185. The first-order valence-corrected chi connectivity index (χ1v) is 6.84. The standard InChI is InChI=1S/C13H20F3N3/c14-13(15,16)5-1-2-7-19-10-18-9-12(19)11-4-3-6-17-8-11/h9-11,17H,1-8H2. The van der Waals surface area contributed by atoms with Gasteiger partial charge in [0.1, 0.15) is 0 Å². The van der Waals surface area contributed by atoms with Crippen molar-refractivity contribution in [3.63, 3.8) is 0 Å². The number of unbranched alkanes of at least 4 members (excludes halogenated alkanes) is 1. The molecule has 1 N–H and O–H groups in total. The van der Waals surface area contributed by atoms with Crippen molar-refractivity contribution in [3.05, 3.63) is 18.2 Å². The summed E-state index contributed by atoms with van der Waals surface area (Å²) >= 11 is 0. The van der Waals surface area contributed by atoms with Crippen LogP contribution in [0.1, 0.15) is 43.7 Å². The van der Waals surface area contributed by atoms with Gasteiger partial charge >= 0.3 is 6.18 Å². The lowest BCUT2D eigenvalue weighted by Crippen LogP contribution is -2.29. The van der Waals surface area contributed by atoms with Crippen molar-refractivity contribution in [2.45, 2.75) is 50.7 Å². The predicted molar refractivity (Wildman–Crippen MR) is 67.0 cm³/mol. The first-order valence-electron chi connectivity index (χ1n) is 6.84. The average Bonchev–Trinajstić information content (AvgIpc) is 2.83. The number of nitrogens with zero attached hydrogens (tertiary/aromatic N) is 2. The fourth-order valence-corrected chi connectivity index (χ4v) is 2.57. The molecule has 1 aromatic heterocycles. The first kappa shape index (κ1) is 14.4. The number of hydrogen-bond donors (Lipinski definition) is 1. The van der Waals surface area contributed by atoms with Crippen LogP contribution in [0.4, 0.5) is 13.2 Å². The lowest BCUT2D eigenvalue weighted by atomic mass is 9.96. The quantitative estimate of drug-likeness (QED) is 0.837. The van der Waals surface area contributed by atoms with Crippen molar-refractivity contribution in [2.24, 2.45) is 0 Å². The SMILES string of the molecule is FC(F)(F)CCCCn1cncc1C1CCCNC1. The summed E-state index contributed by atoms with van der Waals surface area (Å²) in [7, 11) is 0. The molecule has 1 aromatic rings. The third-order valence-electron chi connectivity index (χ3n) is 3.57. The van der Waals surface area contributed by atoms with Gasteiger partial charge in [-0.1, -0.05) is 0 Å². The zero-order valence-corrected chi connectivity index (χ0v) is 10.9. The Labute approximate surface area is 111 Å². The lowest BCUT2D eigenvalue weighted by Gasteiger charge is -2.23. The average molecular weight is 275 g/mol. The maximum atomic E-state index is 12.1. The summed E-state index contributed by atoms with van der Waals surface area (Å²) in [5.41, 5.74) is 1.15. The van der Waals surface area contributed by atoms with Crippen LogP contribution in [0.15, 0.2) is 12.5 Å². The summed E-state index contributed by atoms with van der Waals surface area (Å²) in [6, 6.07) is 0. The Hall–Kier alpha value is -1.04. The van der Waals surface area contributed by atoms with Crippen molar-refractivity contribution in [3.8, 4) is 0 Å². The lowest BCUT2D eigenvalue weighted by molar-refractivity contribution is -0.135. The van der Waals surface area contributed by atoms with Crippen LogP contribution in [0.25, 0.3) is 0 Å². The van der Waals surface area contributed by atoms with E-state index in [1.807, 2.05) is 10.8 Å². The summed E-state index contributed by atoms with van der Waals surface area (Å²) < 4.78 is 38.2. The Kier molecular flexibility index (Phi) is 4.85. The Morgan fingerprint density at radius 2 is 2.21 bits per heavy atom. The Balaban J connectivity index is 1.82. The van der Waals surface area contributed by atoms with E-state index < -0.39 is 12.6 Å². The van der Waals surface area contributed by atoms with Crippen molar-refractivity contribution in [2.75, 3.05) is 13.1 Å². The molecule has 1 fully saturated rings. The summed E-state index contributed by atoms with van der Waals surface area (Å²) in [6.45, 7) is 2.62. The van der Waals surface area contributed by atoms with Gasteiger partial charge < -0.3 is 9.88 Å². The van der Waals surface area contributed by atoms with E-state index in [0.29, 0.717) is 18.9 Å². The van der Waals surface area contributed by atoms with Crippen LogP contribution < -0.4 is 5.32 Å². The topological polar surface area (TPSA) is 29.9 Å². The number of halogens is 3. The molecule has 0 bridgehead atoms. The van der Waals surface area contributed by atoms with E-state index in [-0.39, 0.29) is 6.42 Å². The molecule has 1 saturated heterocycles. The van der Waals surface area contributed by atoms with Crippen molar-refractivity contribution < 1.29 is 13.2 Å². The van der Waals surface area contributed by atoms with Gasteiger partial charge in [-0.15, -0.1) is 0 Å². The zero-order chi connectivity index (χ0) is 13.7. The molecule has 0 saturated carbocycles. The second-order valence-corrected chi connectivity index (χ2v) is 5.13. The number of alkyl halides is 3. The van der Waals surface area contributed by atoms with Crippen LogP contribution in [-0.2, 0) is 6.54 Å². The highest BCUT2D eigenvalue weighted by Crippen LogP contribution is 2.25. The van der Waals surface area contributed by atoms with E-state index in [1.54, 1.807) is 6.33 Å². The number of aromatic nitrogens is 2. The second kappa shape index (κ2) is 6.41. The van der Waals surface area contributed by atoms with Gasteiger partial charge in [0.2, 0.25) is 0 Å². The minimum atomic E-state index is -4.04. The highest BCUT2D eigenvalue weighted by atomic mass is 19.4. The van der Waals surface area contributed by atoms with Gasteiger partial charge in [0, 0.05) is 37.3 Å². The molecule has 3 nitrogen and oxygen atoms in total. The largest absolute Gasteiger partial charge is 0.389 e. The third-order valence-corrected chi connectivity index (χ3v) is 3.57. The van der Waals surface area contributed by atoms with Crippen LogP contribution >= 0.6 is 0 Å². The number of imidazole rings is 1. The molecule has 19 heavy (non-hydrogen) atoms. The number of hydrogen-bond acceptors (Lipinski definition) is 2. The van der Waals surface area contributed by atoms with Gasteiger partial charge in [0.15, 0.2) is 0 Å². The molecule has 0 aromatic carbocycles. The van der Waals surface area contributed by atoms with Gasteiger partial charge in [-0.25, -0.2) is 4.98 Å². The van der Waals surface area contributed by atoms with Crippen LogP contribution in [0.2, 0.25) is 0 Å². The number of aryl methyl sites for hydroxylation is 1. The van der Waals surface area contributed by atoms with Gasteiger partial charge in [-0.2, -0.15) is 13.2 Å². The Morgan fingerprint density at radius 1 is 1.37 bits per heavy atom. The molecule has 1 aliphatic rings. The van der Waals surface area contributed by atoms with Gasteiger partial charge in [-0.05, 0) is 32.2 Å². The van der Waals surface area contributed by atoms with Crippen LogP contribution in [0, 0.1) is 0 Å². The van der Waals surface area contributed by atoms with E-state index in [9.17, 15) is 13.2 Å². The fraction of sp³-hybridized carbons (Fsp3) is 0.769. The van der Waals surface area contributed by atoms with Crippen LogP contribution in [0.3, 0.4) is 0 Å². The molecular formula is C13H20F3N3. The molecule has 1 aliphatic heterocycles. The number of piperidine rings is 1. The Morgan fingerprint density at radius 3 is 2.89 bits per heavy atom. The van der Waals surface area contributed by atoms with E-state index in [0.717, 1.165) is 31.6 Å². The monoisotopic (exact) mass is 275 g/mol. The maximum absolute atomic E-state index is 12.1. The van der Waals surface area contributed by atoms with Crippen LogP contribution in [-0.4, -0.2) is 28.8 Å². The molecular weight excluding hydrogens is 255 g/mol. The highest BCUT2D eigenvalue weighted by Gasteiger charge is 2.26. The van der Waals surface area contributed by atoms with E-state index in [4.69, 9.17) is 0 Å². The molecule has 108 valence electrons. The van der Waals surface area contributed by atoms with E-state index >= 15 is 0 Å². The molecule has 0 radical (unpaired) electrons. The third kappa shape index (κ3) is 4.53. The fourth-order valence-electron chi connectivity index (χ4n) is 2.57. The van der Waals surface area contributed by atoms with E-state index in [2.05, 4.69) is 10.3 Å². The summed E-state index contributed by atoms with van der Waals surface area (Å²) in [4.78, 5) is 4.14. The van der Waals surface area contributed by atoms with Gasteiger partial charge in [-0.3, -0.25) is 0 Å². The molecule has 0 amide bonds. The van der Waals surface area contributed by atoms with Crippen molar-refractivity contribution in [1.29, 1.82) is 0 Å². The smallest absolute Gasteiger partial charge is 0.334 e. The maximum Gasteiger partial charge on any atom is 0.389 e. The first-order chi connectivity index (χ1) is 9.06. The number of nitrogens with one attached hydrogen (secondary N) is 1. The summed E-state index contributed by atoms with van der Waals surface area (Å²) in [6.07, 6.45) is 1.85. The molecule has 0 aliphatic carbocycles. The highest BCUT2D eigenvalue weighted by molar-refractivity contribution is 5.08. The molecule has 6 heteroatoms. The van der Waals surface area contributed by atoms with Crippen LogP contribution in [0.5, 0.6) is 0 Å². The van der Waals surface area contributed by atoms with Gasteiger partial charge in [0.05, 0.1) is 6.33 Å². The molecule has 2 heterocycles. The predicted octanol–water partition coefficient (Wildman–Crippen LogP) is 3.08. The van der Waals surface area contributed by atoms with Crippen molar-refractivity contribution >= 4 is 0 Å². The van der Waals surface area contributed by atoms with Gasteiger partial charge in [0.25, 0.3) is 0 Å². The molecule has 0 spiro atoms. The summed E-state index contributed by atoms with van der Waals surface area (Å²) in [5, 5.41) is 3.35. The molecule has 2 rings (SSSR count). The molecule has 1 unspecified atom stereocenters. The zero-order valence-electron chi connectivity index (χ0n) is 10.9. The minimum Gasteiger partial charge on any atom is -0.334 e. The molecule has 1 atom stereocenters. The van der Waals surface area contributed by atoms with E-state index in [1.165, 1.54) is 0 Å². The second-order valence-electron chi connectivity index (χ2n) is 5.13. The summed E-state index contributed by atoms with van der Waals surface area (Å²) in [5.74, 6) is 0.443.